The molecule has 1 fully saturated rings. The van der Waals surface area contributed by atoms with Crippen LogP contribution < -0.4 is 4.72 Å². The second-order valence-electron chi connectivity index (χ2n) is 5.91. The molecular weight excluding hydrogens is 308 g/mol. The van der Waals surface area contributed by atoms with Crippen LogP contribution in [0.2, 0.25) is 0 Å². The lowest BCUT2D eigenvalue weighted by Gasteiger charge is -2.18. The predicted octanol–water partition coefficient (Wildman–Crippen LogP) is 3.20. The van der Waals surface area contributed by atoms with Gasteiger partial charge in [-0.05, 0) is 36.6 Å². The summed E-state index contributed by atoms with van der Waals surface area (Å²) in [4.78, 5) is 4.49. The predicted molar refractivity (Wildman–Crippen MR) is 89.4 cm³/mol. The summed E-state index contributed by atoms with van der Waals surface area (Å²) in [6.07, 6.45) is 3.31. The van der Waals surface area contributed by atoms with E-state index in [1.165, 1.54) is 0 Å². The molecule has 4 rings (SSSR count). The molecule has 1 aromatic heterocycles. The Balaban J connectivity index is 1.70. The molecule has 2 aromatic carbocycles. The summed E-state index contributed by atoms with van der Waals surface area (Å²) >= 11 is 0. The van der Waals surface area contributed by atoms with Gasteiger partial charge in [-0.2, -0.15) is 0 Å². The lowest BCUT2D eigenvalue weighted by molar-refractivity contribution is 0.552. The average molecular weight is 324 g/mol. The average Bonchev–Trinajstić information content (AvgIpc) is 3.35. The first-order valence-corrected chi connectivity index (χ1v) is 9.02. The lowest BCUT2D eigenvalue weighted by Crippen LogP contribution is -2.34. The lowest BCUT2D eigenvalue weighted by atomic mass is 10.1. The summed E-state index contributed by atoms with van der Waals surface area (Å²) in [5, 5.41) is 0.927. The first-order chi connectivity index (χ1) is 11.1. The van der Waals surface area contributed by atoms with Crippen LogP contribution in [0.15, 0.2) is 71.8 Å². The van der Waals surface area contributed by atoms with E-state index in [0.29, 0.717) is 5.52 Å². The maximum atomic E-state index is 12.8. The van der Waals surface area contributed by atoms with Gasteiger partial charge in [0.2, 0.25) is 10.0 Å². The van der Waals surface area contributed by atoms with E-state index >= 15 is 0 Å². The van der Waals surface area contributed by atoms with Crippen molar-refractivity contribution in [2.75, 3.05) is 0 Å². The van der Waals surface area contributed by atoms with E-state index in [1.54, 1.807) is 24.4 Å². The molecule has 0 aliphatic heterocycles. The number of benzene rings is 2. The van der Waals surface area contributed by atoms with Crippen LogP contribution in [0.5, 0.6) is 0 Å². The summed E-state index contributed by atoms with van der Waals surface area (Å²) in [5.74, 6) is 0. The van der Waals surface area contributed by atoms with Crippen LogP contribution in [-0.2, 0) is 15.6 Å². The number of hydrogen-bond donors (Lipinski definition) is 1. The molecule has 116 valence electrons. The number of rotatable bonds is 4. The Kier molecular flexibility index (Phi) is 3.21. The highest BCUT2D eigenvalue weighted by molar-refractivity contribution is 7.89. The number of fused-ring (bicyclic) bond motifs is 1. The van der Waals surface area contributed by atoms with Crippen molar-refractivity contribution in [2.24, 2.45) is 0 Å². The van der Waals surface area contributed by atoms with Crippen LogP contribution in [-0.4, -0.2) is 13.4 Å². The number of aromatic nitrogens is 1. The van der Waals surface area contributed by atoms with Gasteiger partial charge in [0.1, 0.15) is 0 Å². The minimum Gasteiger partial charge on any atom is -0.256 e. The van der Waals surface area contributed by atoms with Gasteiger partial charge in [-0.1, -0.05) is 42.5 Å². The zero-order valence-electron chi connectivity index (χ0n) is 12.4. The highest BCUT2D eigenvalue weighted by Crippen LogP contribution is 2.46. The highest BCUT2D eigenvalue weighted by Gasteiger charge is 2.47. The Morgan fingerprint density at radius 1 is 0.957 bits per heavy atom. The molecule has 0 saturated heterocycles. The van der Waals surface area contributed by atoms with Gasteiger partial charge in [0.05, 0.1) is 16.0 Å². The van der Waals surface area contributed by atoms with Crippen LogP contribution in [0.25, 0.3) is 10.9 Å². The van der Waals surface area contributed by atoms with E-state index in [2.05, 4.69) is 9.71 Å². The van der Waals surface area contributed by atoms with E-state index in [9.17, 15) is 8.42 Å². The fourth-order valence-electron chi connectivity index (χ4n) is 2.86. The Labute approximate surface area is 135 Å². The standard InChI is InChI=1S/C18H16N2O2S/c21-23(22,16-9-8-14-5-4-12-19-17(14)13-16)20-18(10-11-18)15-6-2-1-3-7-15/h1-9,12-13,20H,10-11H2. The van der Waals surface area contributed by atoms with Gasteiger partial charge in [-0.25, -0.2) is 13.1 Å². The number of nitrogens with one attached hydrogen (secondary N) is 1. The van der Waals surface area contributed by atoms with E-state index in [1.807, 2.05) is 42.5 Å². The van der Waals surface area contributed by atoms with Gasteiger partial charge in [0, 0.05) is 11.6 Å². The minimum absolute atomic E-state index is 0.255. The maximum Gasteiger partial charge on any atom is 0.241 e. The van der Waals surface area contributed by atoms with Crippen molar-refractivity contribution in [2.45, 2.75) is 23.3 Å². The van der Waals surface area contributed by atoms with Gasteiger partial charge in [-0.3, -0.25) is 4.98 Å². The summed E-state index contributed by atoms with van der Waals surface area (Å²) in [5.41, 5.74) is 1.24. The Morgan fingerprint density at radius 2 is 1.74 bits per heavy atom. The normalized spacial score (nSPS) is 16.3. The van der Waals surface area contributed by atoms with Crippen molar-refractivity contribution in [3.05, 3.63) is 72.4 Å². The highest BCUT2D eigenvalue weighted by atomic mass is 32.2. The molecule has 23 heavy (non-hydrogen) atoms. The molecule has 0 atom stereocenters. The molecule has 0 spiro atoms. The van der Waals surface area contributed by atoms with Crippen molar-refractivity contribution < 1.29 is 8.42 Å². The summed E-state index contributed by atoms with van der Waals surface area (Å²) < 4.78 is 28.4. The molecule has 1 saturated carbocycles. The minimum atomic E-state index is -3.59. The van der Waals surface area contributed by atoms with Crippen molar-refractivity contribution in [3.63, 3.8) is 0 Å². The zero-order valence-corrected chi connectivity index (χ0v) is 13.3. The van der Waals surface area contributed by atoms with Gasteiger partial charge in [0.25, 0.3) is 0 Å². The number of pyridine rings is 1. The molecule has 0 bridgehead atoms. The van der Waals surface area contributed by atoms with Crippen LogP contribution >= 0.6 is 0 Å². The Morgan fingerprint density at radius 3 is 2.48 bits per heavy atom. The van der Waals surface area contributed by atoms with E-state index in [4.69, 9.17) is 0 Å². The molecule has 0 amide bonds. The second-order valence-corrected chi connectivity index (χ2v) is 7.59. The van der Waals surface area contributed by atoms with Gasteiger partial charge in [0.15, 0.2) is 0 Å². The largest absolute Gasteiger partial charge is 0.256 e. The molecule has 0 radical (unpaired) electrons. The van der Waals surface area contributed by atoms with Gasteiger partial charge < -0.3 is 0 Å². The van der Waals surface area contributed by atoms with E-state index in [0.717, 1.165) is 23.8 Å². The molecule has 1 aliphatic carbocycles. The fourth-order valence-corrected chi connectivity index (χ4v) is 4.33. The first-order valence-electron chi connectivity index (χ1n) is 7.53. The number of nitrogens with zero attached hydrogens (tertiary/aromatic N) is 1. The zero-order chi connectivity index (χ0) is 15.9. The third kappa shape index (κ3) is 2.62. The summed E-state index contributed by atoms with van der Waals surface area (Å²) in [7, 11) is -3.59. The molecule has 1 heterocycles. The number of hydrogen-bond acceptors (Lipinski definition) is 3. The van der Waals surface area contributed by atoms with Crippen LogP contribution in [0, 0.1) is 0 Å². The smallest absolute Gasteiger partial charge is 0.241 e. The van der Waals surface area contributed by atoms with Crippen molar-refractivity contribution in [1.82, 2.24) is 9.71 Å². The van der Waals surface area contributed by atoms with Crippen LogP contribution in [0.1, 0.15) is 18.4 Å². The molecule has 1 N–H and O–H groups in total. The molecule has 1 aliphatic rings. The summed E-state index contributed by atoms with van der Waals surface area (Å²) in [6.45, 7) is 0. The molecule has 4 nitrogen and oxygen atoms in total. The maximum absolute atomic E-state index is 12.8. The topological polar surface area (TPSA) is 59.1 Å². The number of sulfonamides is 1. The molecule has 5 heteroatoms. The van der Waals surface area contributed by atoms with Crippen molar-refractivity contribution >= 4 is 20.9 Å². The monoisotopic (exact) mass is 324 g/mol. The summed E-state index contributed by atoms with van der Waals surface area (Å²) in [6, 6.07) is 18.5. The Hall–Kier alpha value is -2.24. The second kappa shape index (κ2) is 5.15. The van der Waals surface area contributed by atoms with Gasteiger partial charge in [-0.15, -0.1) is 0 Å². The van der Waals surface area contributed by atoms with Crippen LogP contribution in [0.4, 0.5) is 0 Å². The third-order valence-electron chi connectivity index (χ3n) is 4.29. The van der Waals surface area contributed by atoms with E-state index < -0.39 is 15.6 Å². The first kappa shape index (κ1) is 14.4. The Bertz CT molecular complexity index is 964. The van der Waals surface area contributed by atoms with Crippen molar-refractivity contribution in [3.8, 4) is 0 Å². The van der Waals surface area contributed by atoms with Gasteiger partial charge >= 0.3 is 0 Å². The fraction of sp³-hybridized carbons (Fsp3) is 0.167. The van der Waals surface area contributed by atoms with Crippen molar-refractivity contribution in [1.29, 1.82) is 0 Å². The molecule has 3 aromatic rings. The SMILES string of the molecule is O=S(=O)(NC1(c2ccccc2)CC1)c1ccc2cccnc2c1. The molecular formula is C18H16N2O2S. The molecule has 0 unspecified atom stereocenters. The van der Waals surface area contributed by atoms with Crippen LogP contribution in [0.3, 0.4) is 0 Å². The van der Waals surface area contributed by atoms with E-state index in [-0.39, 0.29) is 4.90 Å². The third-order valence-corrected chi connectivity index (χ3v) is 5.83. The quantitative estimate of drug-likeness (QED) is 0.802.